The Balaban J connectivity index is 0.00000217. The number of benzene rings is 1. The number of anilines is 2. The summed E-state index contributed by atoms with van der Waals surface area (Å²) in [5.74, 6) is -2.59. The lowest BCUT2D eigenvalue weighted by Crippen LogP contribution is -2.76. The molecule has 0 spiro atoms. The minimum atomic E-state index is -5.29. The van der Waals surface area contributed by atoms with E-state index in [1.165, 1.54) is 26.2 Å². The molecule has 55 heavy (non-hydrogen) atoms. The fourth-order valence-corrected chi connectivity index (χ4v) is 6.48. The maximum absolute atomic E-state index is 13.5. The molecule has 5 rings (SSSR count). The van der Waals surface area contributed by atoms with Crippen LogP contribution in [-0.4, -0.2) is 116 Å². The Labute approximate surface area is 317 Å². The number of carboxylic acid groups (broad SMARTS) is 2. The number of thiazole rings is 1. The molecule has 24 heteroatoms. The molecule has 22 nitrogen and oxygen atoms in total. The molecule has 1 aromatic carbocycles. The van der Waals surface area contributed by atoms with E-state index in [4.69, 9.17) is 30.9 Å². The van der Waals surface area contributed by atoms with E-state index in [0.29, 0.717) is 23.2 Å². The largest absolute Gasteiger partial charge is 0.724 e. The highest BCUT2D eigenvalue weighted by molar-refractivity contribution is 7.80. The third-order valence-corrected chi connectivity index (χ3v) is 9.57. The van der Waals surface area contributed by atoms with E-state index in [-0.39, 0.29) is 36.8 Å². The number of aliphatic hydroxyl groups excluding tert-OH is 1. The summed E-state index contributed by atoms with van der Waals surface area (Å²) in [5.41, 5.74) is 9.38. The van der Waals surface area contributed by atoms with Crippen LogP contribution in [0.15, 0.2) is 41.1 Å². The van der Waals surface area contributed by atoms with Crippen molar-refractivity contribution in [3.05, 3.63) is 47.2 Å². The van der Waals surface area contributed by atoms with Crippen LogP contribution in [0.1, 0.15) is 38.4 Å². The van der Waals surface area contributed by atoms with Crippen LogP contribution in [0.4, 0.5) is 11.1 Å². The van der Waals surface area contributed by atoms with Gasteiger partial charge in [-0.3, -0.25) is 19.7 Å². The van der Waals surface area contributed by atoms with Crippen LogP contribution in [0, 0.1) is 0 Å². The molecule has 9 N–H and O–H groups in total. The molecule has 2 aliphatic heterocycles. The lowest BCUT2D eigenvalue weighted by Gasteiger charge is -2.51. The number of nitrogens with one attached hydrogen (secondary N) is 2. The molecule has 0 aliphatic carbocycles. The first kappa shape index (κ1) is 42.2. The number of carbonyl (C=O) groups is 4. The minimum Gasteiger partial charge on any atom is -0.724 e. The standard InChI is InChI=1S/C30H37N9O11S2.CH2O2/c1-29(2)23(25(42)39(29)50-52(45,46)47)36-24(41)22(19-14-51-27(32)35-19)37-49-30(3,26(43)44)21-8-6-16-9-15(5-7-20(16)48-21)17-11-33-28(38(4)13-17)34-12-18(40)10-31;2-1-3/h5,7,9,11,13-14,18,21,23,40H,6,8,10,12,31H2,1-4H3,(H5,32,35,36,41,43,44,45,46,47);1H,(H,2,3)/b37-22-;/t18-,21+,23+,30-;/m0./s1. The van der Waals surface area contributed by atoms with Crippen molar-refractivity contribution >= 4 is 62.8 Å². The van der Waals surface area contributed by atoms with Gasteiger partial charge in [0.25, 0.3) is 23.9 Å². The lowest BCUT2D eigenvalue weighted by molar-refractivity contribution is -0.659. The van der Waals surface area contributed by atoms with Gasteiger partial charge < -0.3 is 46.2 Å². The number of aromatic nitrogens is 3. The van der Waals surface area contributed by atoms with E-state index in [1.807, 2.05) is 12.3 Å². The van der Waals surface area contributed by atoms with Gasteiger partial charge in [0.05, 0.1) is 31.4 Å². The summed E-state index contributed by atoms with van der Waals surface area (Å²) < 4.78 is 45.3. The number of β-lactam (4-membered cyclic amide) rings is 1. The van der Waals surface area contributed by atoms with Crippen LogP contribution < -0.4 is 31.4 Å². The van der Waals surface area contributed by atoms with Crippen molar-refractivity contribution in [1.82, 2.24) is 20.3 Å². The van der Waals surface area contributed by atoms with Gasteiger partial charge in [-0.15, -0.1) is 11.3 Å². The van der Waals surface area contributed by atoms with Crippen LogP contribution in [0.5, 0.6) is 5.75 Å². The Morgan fingerprint density at radius 1 is 1.35 bits per heavy atom. The Bertz CT molecular complexity index is 2080. The summed E-state index contributed by atoms with van der Waals surface area (Å²) >= 11 is 0.952. The SMILES string of the molecule is C[n+]1cc(-c2ccc3c(c2)CC[C@H]([C@](C)(O/N=C(\C(=O)N[C@@H]2C(=O)N(OS(=O)(=O)[O-])C2(C)C)c2csc(N)n2)C(=O)O)O3)cnc1NC[C@@H](O)CN.O=CO. The number of aliphatic hydroxyl groups is 1. The quantitative estimate of drug-likeness (QED) is 0.0185. The van der Waals surface area contributed by atoms with Gasteiger partial charge >= 0.3 is 11.9 Å². The van der Waals surface area contributed by atoms with Gasteiger partial charge in [0.15, 0.2) is 16.9 Å². The zero-order valence-electron chi connectivity index (χ0n) is 29.7. The Kier molecular flexibility index (Phi) is 12.9. The first-order valence-corrected chi connectivity index (χ1v) is 18.3. The van der Waals surface area contributed by atoms with Crippen LogP contribution in [-0.2, 0) is 52.2 Å². The third kappa shape index (κ3) is 9.59. The van der Waals surface area contributed by atoms with Gasteiger partial charge in [-0.2, -0.15) is 9.35 Å². The van der Waals surface area contributed by atoms with Crippen LogP contribution in [0.25, 0.3) is 11.1 Å². The number of carboxylic acids is 1. The number of hydrogen-bond donors (Lipinski definition) is 7. The van der Waals surface area contributed by atoms with Gasteiger partial charge in [0.2, 0.25) is 10.4 Å². The average molecular weight is 810 g/mol. The first-order chi connectivity index (χ1) is 25.7. The van der Waals surface area contributed by atoms with Gasteiger partial charge in [0.1, 0.15) is 23.7 Å². The smallest absolute Gasteiger partial charge is 0.391 e. The number of hydroxylamine groups is 2. The second kappa shape index (κ2) is 16.9. The fourth-order valence-electron chi connectivity index (χ4n) is 5.49. The summed E-state index contributed by atoms with van der Waals surface area (Å²) in [6.45, 7) is 4.01. The van der Waals surface area contributed by atoms with E-state index < -0.39 is 63.3 Å². The zero-order chi connectivity index (χ0) is 40.9. The number of aliphatic carboxylic acids is 1. The van der Waals surface area contributed by atoms with Gasteiger partial charge in [-0.1, -0.05) is 16.2 Å². The minimum absolute atomic E-state index is 0.0443. The number of nitrogens with two attached hydrogens (primary N) is 2. The molecule has 0 bridgehead atoms. The molecule has 0 radical (unpaired) electrons. The highest BCUT2D eigenvalue weighted by Gasteiger charge is 2.57. The number of hydrogen-bond acceptors (Lipinski definition) is 18. The maximum Gasteiger partial charge on any atom is 0.391 e. The lowest BCUT2D eigenvalue weighted by atomic mass is 9.84. The molecular weight excluding hydrogens is 771 g/mol. The summed E-state index contributed by atoms with van der Waals surface area (Å²) in [6, 6.07) is 4.02. The highest BCUT2D eigenvalue weighted by Crippen LogP contribution is 2.37. The number of amides is 2. The van der Waals surface area contributed by atoms with Gasteiger partial charge in [0, 0.05) is 17.5 Å². The predicted molar refractivity (Wildman–Crippen MR) is 190 cm³/mol. The summed E-state index contributed by atoms with van der Waals surface area (Å²) in [7, 11) is -3.49. The number of aryl methyl sites for hydroxylation is 2. The molecule has 2 aliphatic rings. The van der Waals surface area contributed by atoms with Gasteiger partial charge in [-0.05, 0) is 56.9 Å². The van der Waals surface area contributed by atoms with E-state index >= 15 is 0 Å². The van der Waals surface area contributed by atoms with E-state index in [0.717, 1.165) is 28.0 Å². The molecule has 1 saturated heterocycles. The van der Waals surface area contributed by atoms with Crippen molar-refractivity contribution < 1.29 is 65.9 Å². The fraction of sp³-hybridized carbons (Fsp3) is 0.419. The monoisotopic (exact) mass is 809 g/mol. The van der Waals surface area contributed by atoms with E-state index in [1.54, 1.807) is 29.9 Å². The topological polar surface area (TPSA) is 335 Å². The Morgan fingerprint density at radius 2 is 2.04 bits per heavy atom. The molecule has 1 fully saturated rings. The van der Waals surface area contributed by atoms with Crippen molar-refractivity contribution in [2.24, 2.45) is 17.9 Å². The third-order valence-electron chi connectivity index (χ3n) is 8.56. The highest BCUT2D eigenvalue weighted by atomic mass is 32.3. The van der Waals surface area contributed by atoms with Crippen molar-refractivity contribution in [3.63, 3.8) is 0 Å². The number of fused-ring (bicyclic) bond motifs is 1. The number of nitrogen functional groups attached to an aromatic ring is 1. The zero-order valence-corrected chi connectivity index (χ0v) is 31.4. The molecule has 3 aromatic rings. The summed E-state index contributed by atoms with van der Waals surface area (Å²) in [6.07, 6.45) is 2.31. The van der Waals surface area contributed by atoms with Crippen LogP contribution >= 0.6 is 11.3 Å². The Morgan fingerprint density at radius 3 is 2.60 bits per heavy atom. The number of nitrogens with zero attached hydrogens (tertiary/aromatic N) is 5. The molecule has 4 atom stereocenters. The van der Waals surface area contributed by atoms with E-state index in [9.17, 15) is 37.6 Å². The second-order valence-corrected chi connectivity index (χ2v) is 14.7. The number of rotatable bonds is 14. The second-order valence-electron chi connectivity index (χ2n) is 12.8. The normalized spacial score (nSPS) is 19.2. The molecule has 298 valence electrons. The van der Waals surface area contributed by atoms with E-state index in [2.05, 4.69) is 30.0 Å². The molecule has 2 amide bonds. The van der Waals surface area contributed by atoms with Crippen molar-refractivity contribution in [2.75, 3.05) is 24.1 Å². The van der Waals surface area contributed by atoms with Crippen molar-refractivity contribution in [1.29, 1.82) is 0 Å². The molecule has 0 unspecified atom stereocenters. The molecule has 4 heterocycles. The average Bonchev–Trinajstić information content (AvgIpc) is 3.56. The van der Waals surface area contributed by atoms with Crippen LogP contribution in [0.3, 0.4) is 0 Å². The number of carbonyl (C=O) groups excluding carboxylic acids is 2. The number of ether oxygens (including phenoxy) is 1. The summed E-state index contributed by atoms with van der Waals surface area (Å²) in [5, 5.41) is 38.0. The first-order valence-electron chi connectivity index (χ1n) is 16.1. The van der Waals surface area contributed by atoms with Crippen molar-refractivity contribution in [3.8, 4) is 16.9 Å². The van der Waals surface area contributed by atoms with Crippen molar-refractivity contribution in [2.45, 2.75) is 63.0 Å². The van der Waals surface area contributed by atoms with Crippen LogP contribution in [0.2, 0.25) is 0 Å². The maximum atomic E-state index is 13.5. The van der Waals surface area contributed by atoms with Gasteiger partial charge in [-0.25, -0.2) is 22.8 Å². The molecular formula is C31H39N9O13S2. The predicted octanol–water partition coefficient (Wildman–Crippen LogP) is -1.50. The Hall–Kier alpha value is -5.53. The summed E-state index contributed by atoms with van der Waals surface area (Å²) in [4.78, 5) is 61.2. The molecule has 0 saturated carbocycles. The molecule has 2 aromatic heterocycles. The number of oxime groups is 1.